The molecule has 0 unspecified atom stereocenters. The number of hydrogen-bond acceptors (Lipinski definition) is 9. The number of hydrogen-bond donors (Lipinski definition) is 2. The number of rotatable bonds is 5. The van der Waals surface area contributed by atoms with E-state index in [0.717, 1.165) is 0 Å². The first-order valence-electron chi connectivity index (χ1n) is 8.06. The third kappa shape index (κ3) is 3.07. The molecule has 4 aromatic heterocycles. The van der Waals surface area contributed by atoms with Crippen molar-refractivity contribution in [2.24, 2.45) is 0 Å². The molecule has 0 bridgehead atoms. The molecule has 0 aliphatic carbocycles. The van der Waals surface area contributed by atoms with Crippen molar-refractivity contribution in [2.75, 3.05) is 0 Å². The highest BCUT2D eigenvalue weighted by Gasteiger charge is 2.19. The second-order valence-electron chi connectivity index (χ2n) is 5.66. The summed E-state index contributed by atoms with van der Waals surface area (Å²) in [6.07, 6.45) is 2.08. The van der Waals surface area contributed by atoms with E-state index in [2.05, 4.69) is 40.2 Å². The Bertz CT molecular complexity index is 1180. The molecule has 0 saturated heterocycles. The Hall–Kier alpha value is -3.83. The number of aromatic amines is 1. The molecule has 12 heteroatoms. The fraction of sp³-hybridized carbons (Fsp3) is 0.267. The average Bonchev–Trinajstić information content (AvgIpc) is 3.37. The SMILES string of the molecule is CCc1noc(CNC(=O)c2cc(C)nc3c(-c4noc(=O)[nH]4)cnn23)n1. The van der Waals surface area contributed by atoms with Crippen molar-refractivity contribution < 1.29 is 13.8 Å². The largest absolute Gasteiger partial charge is 0.439 e. The van der Waals surface area contributed by atoms with Gasteiger partial charge in [0.2, 0.25) is 5.89 Å². The molecule has 138 valence electrons. The highest BCUT2D eigenvalue weighted by atomic mass is 16.5. The molecular weight excluding hydrogens is 356 g/mol. The summed E-state index contributed by atoms with van der Waals surface area (Å²) in [6.45, 7) is 3.73. The number of carbonyl (C=O) groups is 1. The van der Waals surface area contributed by atoms with Crippen molar-refractivity contribution in [1.82, 2.24) is 40.2 Å². The molecule has 0 aromatic carbocycles. The molecule has 27 heavy (non-hydrogen) atoms. The fourth-order valence-electron chi connectivity index (χ4n) is 2.51. The zero-order chi connectivity index (χ0) is 19.0. The summed E-state index contributed by atoms with van der Waals surface area (Å²) in [5.74, 6) is -0.0355. The van der Waals surface area contributed by atoms with Crippen LogP contribution in [0.3, 0.4) is 0 Å². The third-order valence-electron chi connectivity index (χ3n) is 3.75. The molecule has 1 amide bonds. The van der Waals surface area contributed by atoms with E-state index in [0.29, 0.717) is 35.0 Å². The first-order chi connectivity index (χ1) is 13.0. The van der Waals surface area contributed by atoms with Gasteiger partial charge in [-0.05, 0) is 13.0 Å². The first kappa shape index (κ1) is 16.6. The van der Waals surface area contributed by atoms with Gasteiger partial charge in [-0.15, -0.1) is 0 Å². The van der Waals surface area contributed by atoms with Gasteiger partial charge < -0.3 is 9.84 Å². The maximum Gasteiger partial charge on any atom is 0.439 e. The number of nitrogens with zero attached hydrogens (tertiary/aromatic N) is 6. The van der Waals surface area contributed by atoms with E-state index in [-0.39, 0.29) is 18.1 Å². The van der Waals surface area contributed by atoms with Gasteiger partial charge in [0, 0.05) is 12.1 Å². The lowest BCUT2D eigenvalue weighted by molar-refractivity contribution is 0.0938. The monoisotopic (exact) mass is 370 g/mol. The standard InChI is InChI=1S/C15H14N8O4/c1-3-10-19-11(26-21-10)6-16-14(24)9-4-7(2)18-13-8(5-17-23(9)13)12-20-15(25)27-22-12/h4-5H,3,6H2,1-2H3,(H,16,24)(H,20,22,25). The van der Waals surface area contributed by atoms with Crippen LogP contribution in [-0.4, -0.2) is 40.8 Å². The first-order valence-corrected chi connectivity index (χ1v) is 8.06. The normalized spacial score (nSPS) is 11.2. The predicted octanol–water partition coefficient (Wildman–Crippen LogP) is 0.256. The van der Waals surface area contributed by atoms with Crippen molar-refractivity contribution in [2.45, 2.75) is 26.8 Å². The second-order valence-corrected chi connectivity index (χ2v) is 5.66. The Kier molecular flexibility index (Phi) is 3.99. The number of nitrogens with one attached hydrogen (secondary N) is 2. The molecule has 4 rings (SSSR count). The summed E-state index contributed by atoms with van der Waals surface area (Å²) < 4.78 is 10.9. The second kappa shape index (κ2) is 6.48. The van der Waals surface area contributed by atoms with Crippen molar-refractivity contribution in [3.05, 3.63) is 45.9 Å². The van der Waals surface area contributed by atoms with Crippen molar-refractivity contribution in [1.29, 1.82) is 0 Å². The lowest BCUT2D eigenvalue weighted by Crippen LogP contribution is -2.26. The highest BCUT2D eigenvalue weighted by molar-refractivity contribution is 5.93. The molecule has 0 spiro atoms. The predicted molar refractivity (Wildman–Crippen MR) is 88.7 cm³/mol. The maximum absolute atomic E-state index is 12.6. The number of aryl methyl sites for hydroxylation is 2. The van der Waals surface area contributed by atoms with Crippen LogP contribution < -0.4 is 11.1 Å². The van der Waals surface area contributed by atoms with Gasteiger partial charge in [0.1, 0.15) is 5.69 Å². The topological polar surface area (TPSA) is 157 Å². The van der Waals surface area contributed by atoms with Gasteiger partial charge in [0.25, 0.3) is 5.91 Å². The van der Waals surface area contributed by atoms with Crippen molar-refractivity contribution >= 4 is 11.6 Å². The average molecular weight is 370 g/mol. The van der Waals surface area contributed by atoms with E-state index >= 15 is 0 Å². The van der Waals surface area contributed by atoms with Crippen LogP contribution in [0.1, 0.15) is 34.8 Å². The van der Waals surface area contributed by atoms with Crippen LogP contribution in [0.4, 0.5) is 0 Å². The van der Waals surface area contributed by atoms with E-state index in [1.54, 1.807) is 13.0 Å². The Balaban J connectivity index is 1.65. The van der Waals surface area contributed by atoms with Crippen LogP contribution in [0.5, 0.6) is 0 Å². The maximum atomic E-state index is 12.6. The molecule has 4 aromatic rings. The Morgan fingerprint density at radius 3 is 2.85 bits per heavy atom. The van der Waals surface area contributed by atoms with Crippen LogP contribution >= 0.6 is 0 Å². The van der Waals surface area contributed by atoms with Gasteiger partial charge in [-0.25, -0.2) is 14.3 Å². The van der Waals surface area contributed by atoms with Crippen LogP contribution in [0.15, 0.2) is 26.1 Å². The number of H-pyrrole nitrogens is 1. The van der Waals surface area contributed by atoms with Crippen LogP contribution in [0.25, 0.3) is 17.0 Å². The third-order valence-corrected chi connectivity index (χ3v) is 3.75. The van der Waals surface area contributed by atoms with Crippen LogP contribution in [-0.2, 0) is 13.0 Å². The van der Waals surface area contributed by atoms with Gasteiger partial charge in [0.15, 0.2) is 17.3 Å². The van der Waals surface area contributed by atoms with E-state index < -0.39 is 11.7 Å². The van der Waals surface area contributed by atoms with E-state index in [1.807, 2.05) is 6.92 Å². The van der Waals surface area contributed by atoms with E-state index in [4.69, 9.17) is 4.52 Å². The highest BCUT2D eigenvalue weighted by Crippen LogP contribution is 2.20. The molecule has 0 aliphatic rings. The lowest BCUT2D eigenvalue weighted by Gasteiger charge is -2.06. The summed E-state index contributed by atoms with van der Waals surface area (Å²) in [4.78, 5) is 34.8. The van der Waals surface area contributed by atoms with Gasteiger partial charge >= 0.3 is 5.76 Å². The Labute approximate surface area is 150 Å². The summed E-state index contributed by atoms with van der Waals surface area (Å²) in [7, 11) is 0. The molecule has 2 N–H and O–H groups in total. The molecule has 12 nitrogen and oxygen atoms in total. The van der Waals surface area contributed by atoms with Crippen molar-refractivity contribution in [3.63, 3.8) is 0 Å². The number of amides is 1. The molecule has 0 fully saturated rings. The molecule has 0 aliphatic heterocycles. The zero-order valence-corrected chi connectivity index (χ0v) is 14.4. The molecule has 0 radical (unpaired) electrons. The zero-order valence-electron chi connectivity index (χ0n) is 14.4. The molecule has 0 atom stereocenters. The van der Waals surface area contributed by atoms with Gasteiger partial charge in [0.05, 0.1) is 18.3 Å². The minimum Gasteiger partial charge on any atom is -0.342 e. The van der Waals surface area contributed by atoms with E-state index in [1.165, 1.54) is 10.7 Å². The Morgan fingerprint density at radius 1 is 1.30 bits per heavy atom. The summed E-state index contributed by atoms with van der Waals surface area (Å²) >= 11 is 0. The van der Waals surface area contributed by atoms with Gasteiger partial charge in [-0.3, -0.25) is 14.3 Å². The molecular formula is C15H14N8O4. The smallest absolute Gasteiger partial charge is 0.342 e. The van der Waals surface area contributed by atoms with Gasteiger partial charge in [-0.1, -0.05) is 17.2 Å². The fourth-order valence-corrected chi connectivity index (χ4v) is 2.51. The van der Waals surface area contributed by atoms with E-state index in [9.17, 15) is 9.59 Å². The van der Waals surface area contributed by atoms with Crippen LogP contribution in [0.2, 0.25) is 0 Å². The number of fused-ring (bicyclic) bond motifs is 1. The summed E-state index contributed by atoms with van der Waals surface area (Å²) in [5.41, 5.74) is 1.63. The lowest BCUT2D eigenvalue weighted by atomic mass is 10.2. The minimum absolute atomic E-state index is 0.0828. The van der Waals surface area contributed by atoms with Crippen molar-refractivity contribution in [3.8, 4) is 11.4 Å². The molecule has 0 saturated carbocycles. The molecule has 4 heterocycles. The number of carbonyl (C=O) groups excluding carboxylic acids is 1. The summed E-state index contributed by atoms with van der Waals surface area (Å²) in [5, 5.41) is 14.3. The van der Waals surface area contributed by atoms with Crippen LogP contribution in [0, 0.1) is 6.92 Å². The quantitative estimate of drug-likeness (QED) is 0.502. The summed E-state index contributed by atoms with van der Waals surface area (Å²) in [6, 6.07) is 1.59. The minimum atomic E-state index is -0.694. The van der Waals surface area contributed by atoms with Gasteiger partial charge in [-0.2, -0.15) is 10.1 Å². The number of aromatic nitrogens is 7. The Morgan fingerprint density at radius 2 is 2.15 bits per heavy atom.